The van der Waals surface area contributed by atoms with Gasteiger partial charge in [-0.2, -0.15) is 0 Å². The Bertz CT molecular complexity index is 1950. The summed E-state index contributed by atoms with van der Waals surface area (Å²) in [5, 5.41) is 0. The summed E-state index contributed by atoms with van der Waals surface area (Å²) >= 11 is 0. The minimum atomic E-state index is 0.124. The lowest BCUT2D eigenvalue weighted by Gasteiger charge is -2.38. The fourth-order valence-corrected chi connectivity index (χ4v) is 8.37. The molecule has 3 aromatic carbocycles. The molecule has 3 aromatic rings. The molecule has 0 radical (unpaired) electrons. The van der Waals surface area contributed by atoms with E-state index in [2.05, 4.69) is 177 Å². The van der Waals surface area contributed by atoms with Gasteiger partial charge in [-0.1, -0.05) is 153 Å². The van der Waals surface area contributed by atoms with Crippen LogP contribution < -0.4 is 4.90 Å². The Balaban J connectivity index is 0.945. The smallest absolute Gasteiger partial charge is 0.0455 e. The van der Waals surface area contributed by atoms with Gasteiger partial charge in [-0.3, -0.25) is 0 Å². The van der Waals surface area contributed by atoms with Crippen molar-refractivity contribution in [3.05, 3.63) is 192 Å². The monoisotopic (exact) mass is 623 g/mol. The lowest BCUT2D eigenvalue weighted by molar-refractivity contribution is 0.312. The second kappa shape index (κ2) is 13.0. The van der Waals surface area contributed by atoms with Crippen molar-refractivity contribution in [2.75, 3.05) is 4.90 Å². The second-order valence-corrected chi connectivity index (χ2v) is 14.4. The van der Waals surface area contributed by atoms with Crippen molar-refractivity contribution in [3.8, 4) is 11.1 Å². The lowest BCUT2D eigenvalue weighted by atomic mass is 9.70. The number of rotatable bonds is 7. The van der Waals surface area contributed by atoms with Gasteiger partial charge in [0.2, 0.25) is 0 Å². The van der Waals surface area contributed by atoms with Gasteiger partial charge in [-0.15, -0.1) is 0 Å². The number of nitrogens with zero attached hydrogens (tertiary/aromatic N) is 1. The first-order chi connectivity index (χ1) is 23.5. The lowest BCUT2D eigenvalue weighted by Crippen LogP contribution is -2.30. The standard InChI is InChI=1S/C47H45N/c1-47(2)45-32-35(19-18-34-20-23-37(24-21-34)39-27-25-38(26-28-39)36-12-6-3-7-13-36)22-30-43(45)44-31-29-42(33-46(44)47)48(40-14-8-4-9-15-40)41-16-10-5-11-17-41/h3-10,12-16,18-20,22-31,34-35,46H,11,17,21,32-33H2,1-2H3/b19-18+. The van der Waals surface area contributed by atoms with Crippen molar-refractivity contribution >= 4 is 11.3 Å². The summed E-state index contributed by atoms with van der Waals surface area (Å²) < 4.78 is 0. The Morgan fingerprint density at radius 1 is 0.688 bits per heavy atom. The highest BCUT2D eigenvalue weighted by atomic mass is 15.2. The van der Waals surface area contributed by atoms with Crippen molar-refractivity contribution < 1.29 is 0 Å². The van der Waals surface area contributed by atoms with Crippen molar-refractivity contribution in [3.63, 3.8) is 0 Å². The number of para-hydroxylation sites is 1. The summed E-state index contributed by atoms with van der Waals surface area (Å²) in [6, 6.07) is 30.5. The summed E-state index contributed by atoms with van der Waals surface area (Å²) in [6.07, 6.45) is 34.0. The molecule has 1 nitrogen and oxygen atoms in total. The van der Waals surface area contributed by atoms with E-state index < -0.39 is 0 Å². The fraction of sp³-hybridized carbons (Fsp3) is 0.234. The van der Waals surface area contributed by atoms with E-state index in [-0.39, 0.29) is 5.41 Å². The molecule has 0 saturated carbocycles. The van der Waals surface area contributed by atoms with Gasteiger partial charge in [-0.05, 0) is 113 Å². The fourth-order valence-electron chi connectivity index (χ4n) is 8.37. The average molecular weight is 624 g/mol. The third-order valence-corrected chi connectivity index (χ3v) is 11.1. The van der Waals surface area contributed by atoms with Gasteiger partial charge in [0.25, 0.3) is 0 Å². The molecule has 0 spiro atoms. The van der Waals surface area contributed by atoms with Crippen LogP contribution in [0.25, 0.3) is 16.7 Å². The van der Waals surface area contributed by atoms with Gasteiger partial charge >= 0.3 is 0 Å². The van der Waals surface area contributed by atoms with Crippen LogP contribution in [0.2, 0.25) is 0 Å². The van der Waals surface area contributed by atoms with Crippen LogP contribution in [0.15, 0.2) is 186 Å². The van der Waals surface area contributed by atoms with Crippen molar-refractivity contribution in [2.45, 2.75) is 46.0 Å². The first-order valence-corrected chi connectivity index (χ1v) is 17.8. The van der Waals surface area contributed by atoms with Gasteiger partial charge in [0.1, 0.15) is 0 Å². The Morgan fingerprint density at radius 3 is 2.12 bits per heavy atom. The number of hydrogen-bond donors (Lipinski definition) is 0. The van der Waals surface area contributed by atoms with Gasteiger partial charge in [-0.25, -0.2) is 0 Å². The van der Waals surface area contributed by atoms with E-state index in [1.807, 2.05) is 0 Å². The second-order valence-electron chi connectivity index (χ2n) is 14.4. The molecule has 0 heterocycles. The van der Waals surface area contributed by atoms with Crippen LogP contribution in [-0.2, 0) is 0 Å². The van der Waals surface area contributed by atoms with Crippen LogP contribution in [0.1, 0.15) is 51.5 Å². The van der Waals surface area contributed by atoms with Gasteiger partial charge in [0.15, 0.2) is 0 Å². The molecule has 0 N–H and O–H groups in total. The number of hydrogen-bond acceptors (Lipinski definition) is 1. The van der Waals surface area contributed by atoms with E-state index in [1.54, 1.807) is 5.57 Å². The zero-order valence-corrected chi connectivity index (χ0v) is 28.2. The molecule has 48 heavy (non-hydrogen) atoms. The summed E-state index contributed by atoms with van der Waals surface area (Å²) in [5.41, 5.74) is 14.0. The summed E-state index contributed by atoms with van der Waals surface area (Å²) in [7, 11) is 0. The SMILES string of the molecule is CC1(C)C2=C(C=CC(/C=C/C3C=CC(c4ccc(-c5ccccc5)cc4)=CC3)C2)C2=CC=C(N(C3=CC=CCC3)c3ccccc3)CC21. The predicted octanol–water partition coefficient (Wildman–Crippen LogP) is 12.4. The average Bonchev–Trinajstić information content (AvgIpc) is 3.37. The van der Waals surface area contributed by atoms with E-state index in [4.69, 9.17) is 0 Å². The largest absolute Gasteiger partial charge is 0.318 e. The third-order valence-electron chi connectivity index (χ3n) is 11.1. The maximum absolute atomic E-state index is 2.53. The number of anilines is 1. The van der Waals surface area contributed by atoms with E-state index in [1.165, 1.54) is 50.5 Å². The third kappa shape index (κ3) is 5.88. The number of fused-ring (bicyclic) bond motifs is 2. The topological polar surface area (TPSA) is 3.24 Å². The number of allylic oxidation sites excluding steroid dienone is 18. The molecule has 0 aromatic heterocycles. The zero-order chi connectivity index (χ0) is 32.5. The minimum absolute atomic E-state index is 0.124. The molecule has 238 valence electrons. The maximum atomic E-state index is 2.53. The van der Waals surface area contributed by atoms with Gasteiger partial charge in [0, 0.05) is 17.1 Å². The van der Waals surface area contributed by atoms with Crippen LogP contribution in [0.5, 0.6) is 0 Å². The summed E-state index contributed by atoms with van der Waals surface area (Å²) in [4.78, 5) is 2.53. The highest BCUT2D eigenvalue weighted by molar-refractivity contribution is 5.77. The zero-order valence-electron chi connectivity index (χ0n) is 28.2. The van der Waals surface area contributed by atoms with Crippen LogP contribution in [-0.4, -0.2) is 0 Å². The number of benzene rings is 3. The molecule has 0 saturated heterocycles. The molecule has 0 bridgehead atoms. The highest BCUT2D eigenvalue weighted by Crippen LogP contribution is 2.58. The maximum Gasteiger partial charge on any atom is 0.0455 e. The van der Waals surface area contributed by atoms with Gasteiger partial charge in [0.05, 0.1) is 0 Å². The first kappa shape index (κ1) is 30.5. The Hall–Kier alpha value is -4.88. The molecule has 1 heteroatoms. The van der Waals surface area contributed by atoms with Crippen molar-refractivity contribution in [1.82, 2.24) is 0 Å². The molecule has 8 rings (SSSR count). The van der Waals surface area contributed by atoms with Crippen molar-refractivity contribution in [2.24, 2.45) is 23.2 Å². The van der Waals surface area contributed by atoms with Crippen LogP contribution >= 0.6 is 0 Å². The van der Waals surface area contributed by atoms with Crippen LogP contribution in [0.4, 0.5) is 5.69 Å². The Kier molecular flexibility index (Phi) is 8.22. The molecule has 0 aliphatic heterocycles. The highest BCUT2D eigenvalue weighted by Gasteiger charge is 2.46. The van der Waals surface area contributed by atoms with Crippen LogP contribution in [0.3, 0.4) is 0 Å². The van der Waals surface area contributed by atoms with E-state index in [0.29, 0.717) is 17.8 Å². The van der Waals surface area contributed by atoms with E-state index in [9.17, 15) is 0 Å². The first-order valence-electron chi connectivity index (χ1n) is 17.8. The molecular formula is C47H45N. The quantitative estimate of drug-likeness (QED) is 0.237. The molecule has 3 unspecified atom stereocenters. The molecule has 0 amide bonds. The van der Waals surface area contributed by atoms with Gasteiger partial charge < -0.3 is 4.90 Å². The summed E-state index contributed by atoms with van der Waals surface area (Å²) in [5.74, 6) is 1.38. The molecule has 5 aliphatic carbocycles. The molecule has 5 aliphatic rings. The molecular weight excluding hydrogens is 579 g/mol. The summed E-state index contributed by atoms with van der Waals surface area (Å²) in [6.45, 7) is 4.99. The molecule has 0 fully saturated rings. The van der Waals surface area contributed by atoms with Crippen LogP contribution in [0, 0.1) is 23.2 Å². The Labute approximate surface area is 287 Å². The minimum Gasteiger partial charge on any atom is -0.318 e. The Morgan fingerprint density at radius 2 is 1.40 bits per heavy atom. The van der Waals surface area contributed by atoms with E-state index >= 15 is 0 Å². The molecule has 3 atom stereocenters. The van der Waals surface area contributed by atoms with Crippen molar-refractivity contribution in [1.29, 1.82) is 0 Å². The predicted molar refractivity (Wildman–Crippen MR) is 204 cm³/mol. The van der Waals surface area contributed by atoms with E-state index in [0.717, 1.165) is 32.1 Å². The normalized spacial score (nSPS) is 24.1.